The molecule has 0 aliphatic carbocycles. The molecule has 2 heterocycles. The molecule has 0 spiro atoms. The van der Waals surface area contributed by atoms with Gasteiger partial charge in [0.15, 0.2) is 6.10 Å². The summed E-state index contributed by atoms with van der Waals surface area (Å²) in [6, 6.07) is 4.03. The first-order valence-electron chi connectivity index (χ1n) is 6.21. The van der Waals surface area contributed by atoms with E-state index in [-0.39, 0.29) is 11.5 Å². The molecule has 1 aromatic heterocycles. The summed E-state index contributed by atoms with van der Waals surface area (Å²) in [5.74, 6) is 1.63. The van der Waals surface area contributed by atoms with E-state index in [0.29, 0.717) is 13.2 Å². The molecule has 102 valence electrons. The molecule has 0 aromatic carbocycles. The van der Waals surface area contributed by atoms with Crippen LogP contribution in [-0.2, 0) is 10.2 Å². The van der Waals surface area contributed by atoms with Crippen molar-refractivity contribution in [2.45, 2.75) is 32.3 Å². The van der Waals surface area contributed by atoms with E-state index in [1.165, 1.54) is 0 Å². The van der Waals surface area contributed by atoms with Crippen molar-refractivity contribution in [2.24, 2.45) is 0 Å². The van der Waals surface area contributed by atoms with E-state index in [4.69, 9.17) is 10.00 Å². The predicted octanol–water partition coefficient (Wildman–Crippen LogP) is 2.27. The molecular weight excluding hydrogens is 308 g/mol. The monoisotopic (exact) mass is 324 g/mol. The summed E-state index contributed by atoms with van der Waals surface area (Å²) in [4.78, 5) is 11.1. The van der Waals surface area contributed by atoms with Gasteiger partial charge in [-0.15, -0.1) is 0 Å². The minimum Gasteiger partial charge on any atom is -0.360 e. The molecule has 0 saturated carbocycles. The SMILES string of the molecule is CC(C)(C)c1nc(Br)cc(N2CCOC(C#N)C2)n1. The Morgan fingerprint density at radius 3 is 2.84 bits per heavy atom. The van der Waals surface area contributed by atoms with Crippen molar-refractivity contribution in [3.8, 4) is 6.07 Å². The second kappa shape index (κ2) is 5.43. The van der Waals surface area contributed by atoms with Gasteiger partial charge in [0.05, 0.1) is 19.2 Å². The second-order valence-corrected chi connectivity index (χ2v) is 6.37. The topological polar surface area (TPSA) is 62.0 Å². The Hall–Kier alpha value is -1.19. The molecule has 1 aliphatic rings. The Morgan fingerprint density at radius 2 is 2.21 bits per heavy atom. The maximum Gasteiger partial charge on any atom is 0.161 e. The van der Waals surface area contributed by atoms with Crippen LogP contribution in [0.3, 0.4) is 0 Å². The molecule has 19 heavy (non-hydrogen) atoms. The van der Waals surface area contributed by atoms with Crippen LogP contribution >= 0.6 is 15.9 Å². The standard InChI is InChI=1S/C13H17BrN4O/c1-13(2,3)12-16-10(14)6-11(17-12)18-4-5-19-9(7-15)8-18/h6,9H,4-5,8H2,1-3H3. The smallest absolute Gasteiger partial charge is 0.161 e. The molecule has 1 fully saturated rings. The highest BCUT2D eigenvalue weighted by Crippen LogP contribution is 2.25. The largest absolute Gasteiger partial charge is 0.360 e. The minimum absolute atomic E-state index is 0.112. The van der Waals surface area contributed by atoms with Crippen molar-refractivity contribution >= 4 is 21.7 Å². The Kier molecular flexibility index (Phi) is 4.07. The third kappa shape index (κ3) is 3.43. The first-order valence-corrected chi connectivity index (χ1v) is 7.00. The van der Waals surface area contributed by atoms with E-state index in [9.17, 15) is 0 Å². The average Bonchev–Trinajstić information content (AvgIpc) is 2.37. The Balaban J connectivity index is 2.30. The van der Waals surface area contributed by atoms with Crippen LogP contribution in [0.25, 0.3) is 0 Å². The van der Waals surface area contributed by atoms with E-state index in [2.05, 4.69) is 57.6 Å². The van der Waals surface area contributed by atoms with Crippen molar-refractivity contribution in [2.75, 3.05) is 24.6 Å². The normalized spacial score (nSPS) is 20.2. The first kappa shape index (κ1) is 14.2. The molecule has 2 rings (SSSR count). The fraction of sp³-hybridized carbons (Fsp3) is 0.615. The third-order valence-electron chi connectivity index (χ3n) is 2.89. The minimum atomic E-state index is -0.388. The van der Waals surface area contributed by atoms with Gasteiger partial charge in [0.25, 0.3) is 0 Å². The number of hydrogen-bond donors (Lipinski definition) is 0. The van der Waals surface area contributed by atoms with Gasteiger partial charge in [0, 0.05) is 18.0 Å². The van der Waals surface area contributed by atoms with E-state index in [1.54, 1.807) is 0 Å². The Morgan fingerprint density at radius 1 is 1.47 bits per heavy atom. The summed E-state index contributed by atoms with van der Waals surface area (Å²) in [5, 5.41) is 8.95. The lowest BCUT2D eigenvalue weighted by Crippen LogP contribution is -2.42. The van der Waals surface area contributed by atoms with Gasteiger partial charge in [0.1, 0.15) is 16.2 Å². The van der Waals surface area contributed by atoms with Crippen molar-refractivity contribution < 1.29 is 4.74 Å². The lowest BCUT2D eigenvalue weighted by Gasteiger charge is -2.31. The zero-order valence-electron chi connectivity index (χ0n) is 11.4. The van der Waals surface area contributed by atoms with Gasteiger partial charge in [-0.25, -0.2) is 9.97 Å². The number of anilines is 1. The fourth-order valence-corrected chi connectivity index (χ4v) is 2.21. The van der Waals surface area contributed by atoms with Crippen LogP contribution in [0.2, 0.25) is 0 Å². The molecule has 5 nitrogen and oxygen atoms in total. The van der Waals surface area contributed by atoms with Gasteiger partial charge in [0.2, 0.25) is 0 Å². The maximum absolute atomic E-state index is 8.95. The Bertz CT molecular complexity index is 506. The summed E-state index contributed by atoms with van der Waals surface area (Å²) in [7, 11) is 0. The van der Waals surface area contributed by atoms with Crippen LogP contribution < -0.4 is 4.90 Å². The van der Waals surface area contributed by atoms with Crippen LogP contribution in [0, 0.1) is 11.3 Å². The van der Waals surface area contributed by atoms with Crippen LogP contribution in [0.15, 0.2) is 10.7 Å². The number of morpholine rings is 1. The maximum atomic E-state index is 8.95. The van der Waals surface area contributed by atoms with Gasteiger partial charge < -0.3 is 9.64 Å². The van der Waals surface area contributed by atoms with Crippen LogP contribution in [0.1, 0.15) is 26.6 Å². The molecule has 1 atom stereocenters. The molecule has 0 bridgehead atoms. The molecule has 1 aliphatic heterocycles. The van der Waals surface area contributed by atoms with Crippen molar-refractivity contribution in [1.29, 1.82) is 5.26 Å². The van der Waals surface area contributed by atoms with E-state index < -0.39 is 0 Å². The summed E-state index contributed by atoms with van der Waals surface area (Å²) < 4.78 is 6.11. The van der Waals surface area contributed by atoms with Crippen molar-refractivity contribution in [3.63, 3.8) is 0 Å². The number of nitrogens with zero attached hydrogens (tertiary/aromatic N) is 4. The van der Waals surface area contributed by atoms with Gasteiger partial charge in [-0.3, -0.25) is 0 Å². The van der Waals surface area contributed by atoms with Gasteiger partial charge in [-0.1, -0.05) is 20.8 Å². The summed E-state index contributed by atoms with van der Waals surface area (Å²) in [6.07, 6.45) is -0.388. The molecular formula is C13H17BrN4O. The van der Waals surface area contributed by atoms with Crippen LogP contribution in [0.5, 0.6) is 0 Å². The number of halogens is 1. The van der Waals surface area contributed by atoms with Gasteiger partial charge in [-0.05, 0) is 15.9 Å². The average molecular weight is 325 g/mol. The van der Waals surface area contributed by atoms with Gasteiger partial charge in [-0.2, -0.15) is 5.26 Å². The number of ether oxygens (including phenoxy) is 1. The first-order chi connectivity index (χ1) is 8.90. The summed E-state index contributed by atoms with van der Waals surface area (Å²) in [6.45, 7) is 8.07. The molecule has 0 radical (unpaired) electrons. The molecule has 0 N–H and O–H groups in total. The van der Waals surface area contributed by atoms with Gasteiger partial charge >= 0.3 is 0 Å². The van der Waals surface area contributed by atoms with E-state index >= 15 is 0 Å². The summed E-state index contributed by atoms with van der Waals surface area (Å²) in [5.41, 5.74) is -0.112. The predicted molar refractivity (Wildman–Crippen MR) is 76.0 cm³/mol. The van der Waals surface area contributed by atoms with E-state index in [0.717, 1.165) is 22.8 Å². The lowest BCUT2D eigenvalue weighted by molar-refractivity contribution is 0.0761. The molecule has 1 saturated heterocycles. The fourth-order valence-electron chi connectivity index (χ4n) is 1.84. The van der Waals surface area contributed by atoms with Crippen LogP contribution in [-0.4, -0.2) is 35.8 Å². The quantitative estimate of drug-likeness (QED) is 0.741. The number of rotatable bonds is 1. The van der Waals surface area contributed by atoms with Crippen LogP contribution in [0.4, 0.5) is 5.82 Å². The second-order valence-electron chi connectivity index (χ2n) is 5.56. The molecule has 1 unspecified atom stereocenters. The molecule has 0 amide bonds. The van der Waals surface area contributed by atoms with Crippen molar-refractivity contribution in [1.82, 2.24) is 9.97 Å². The highest BCUT2D eigenvalue weighted by Gasteiger charge is 2.24. The number of hydrogen-bond acceptors (Lipinski definition) is 5. The molecule has 1 aromatic rings. The number of nitriles is 1. The Labute approximate surface area is 121 Å². The van der Waals surface area contributed by atoms with E-state index in [1.807, 2.05) is 6.07 Å². The lowest BCUT2D eigenvalue weighted by atomic mass is 9.96. The van der Waals surface area contributed by atoms with Crippen molar-refractivity contribution in [3.05, 3.63) is 16.5 Å². The number of aromatic nitrogens is 2. The highest BCUT2D eigenvalue weighted by molar-refractivity contribution is 9.10. The highest BCUT2D eigenvalue weighted by atomic mass is 79.9. The molecule has 6 heteroatoms. The summed E-state index contributed by atoms with van der Waals surface area (Å²) >= 11 is 3.43. The third-order valence-corrected chi connectivity index (χ3v) is 3.29. The zero-order chi connectivity index (χ0) is 14.0. The zero-order valence-corrected chi connectivity index (χ0v) is 12.9.